The van der Waals surface area contributed by atoms with Gasteiger partial charge in [-0.15, -0.1) is 0 Å². The lowest BCUT2D eigenvalue weighted by atomic mass is 9.64. The van der Waals surface area contributed by atoms with Gasteiger partial charge in [-0.3, -0.25) is 9.59 Å². The van der Waals surface area contributed by atoms with E-state index in [4.69, 9.17) is 11.6 Å². The zero-order chi connectivity index (χ0) is 16.3. The third-order valence-electron chi connectivity index (χ3n) is 6.57. The van der Waals surface area contributed by atoms with E-state index < -0.39 is 5.41 Å². The lowest BCUT2D eigenvalue weighted by molar-refractivity contribution is -0.131. The average Bonchev–Trinajstić information content (AvgIpc) is 2.73. The van der Waals surface area contributed by atoms with Crippen LogP contribution in [0, 0.1) is 23.2 Å². The zero-order valence-corrected chi connectivity index (χ0v) is 14.3. The average molecular weight is 320 g/mol. The minimum absolute atomic E-state index is 0.0491. The summed E-state index contributed by atoms with van der Waals surface area (Å²) >= 11 is 6.13. The predicted octanol–water partition coefficient (Wildman–Crippen LogP) is 4.37. The van der Waals surface area contributed by atoms with E-state index in [1.807, 2.05) is 26.0 Å². The second-order valence-electron chi connectivity index (χ2n) is 7.56. The Morgan fingerprint density at radius 2 is 1.91 bits per heavy atom. The summed E-state index contributed by atoms with van der Waals surface area (Å²) in [5, 5.41) is 3.62. The van der Waals surface area contributed by atoms with Crippen molar-refractivity contribution < 1.29 is 9.59 Å². The highest BCUT2D eigenvalue weighted by Gasteiger charge is 2.72. The summed E-state index contributed by atoms with van der Waals surface area (Å²) in [7, 11) is 0. The number of hydrogen-bond acceptors (Lipinski definition) is 2. The zero-order valence-electron chi connectivity index (χ0n) is 13.5. The van der Waals surface area contributed by atoms with E-state index in [0.29, 0.717) is 17.1 Å². The fraction of sp³-hybridized carbons (Fsp3) is 0.556. The molecule has 1 aromatic rings. The molecule has 4 heteroatoms. The van der Waals surface area contributed by atoms with Gasteiger partial charge in [-0.2, -0.15) is 0 Å². The monoisotopic (exact) mass is 319 g/mol. The SMILES string of the molecule is Cc1ccc(NC(=O)C23CCC(C)(C(=O)C2)C3(C)C)cc1Cl. The molecule has 2 atom stereocenters. The lowest BCUT2D eigenvalue weighted by Gasteiger charge is -2.38. The molecule has 2 aliphatic rings. The Morgan fingerprint density at radius 3 is 2.41 bits per heavy atom. The molecule has 1 N–H and O–H groups in total. The van der Waals surface area contributed by atoms with Crippen LogP contribution in [0.25, 0.3) is 0 Å². The smallest absolute Gasteiger partial charge is 0.231 e. The number of benzene rings is 1. The van der Waals surface area contributed by atoms with Gasteiger partial charge in [0.2, 0.25) is 5.91 Å². The van der Waals surface area contributed by atoms with Crippen LogP contribution in [0.4, 0.5) is 5.69 Å². The first kappa shape index (κ1) is 15.5. The number of hydrogen-bond donors (Lipinski definition) is 1. The Bertz CT molecular complexity index is 682. The molecule has 0 aliphatic heterocycles. The molecule has 0 heterocycles. The third kappa shape index (κ3) is 1.75. The molecular weight excluding hydrogens is 298 g/mol. The number of rotatable bonds is 2. The highest BCUT2D eigenvalue weighted by Crippen LogP contribution is 2.70. The normalized spacial score (nSPS) is 32.3. The summed E-state index contributed by atoms with van der Waals surface area (Å²) in [6.45, 7) is 8.06. The van der Waals surface area contributed by atoms with Crippen LogP contribution in [0.3, 0.4) is 0 Å². The number of aryl methyl sites for hydroxylation is 1. The third-order valence-corrected chi connectivity index (χ3v) is 6.98. The summed E-state index contributed by atoms with van der Waals surface area (Å²) in [5.41, 5.74) is 0.363. The van der Waals surface area contributed by atoms with Crippen molar-refractivity contribution in [2.75, 3.05) is 5.32 Å². The van der Waals surface area contributed by atoms with Gasteiger partial charge in [0.25, 0.3) is 0 Å². The van der Waals surface area contributed by atoms with E-state index in [9.17, 15) is 9.59 Å². The molecule has 2 unspecified atom stereocenters. The Kier molecular flexibility index (Phi) is 3.23. The highest BCUT2D eigenvalue weighted by atomic mass is 35.5. The van der Waals surface area contributed by atoms with Crippen LogP contribution in [-0.2, 0) is 9.59 Å². The summed E-state index contributed by atoms with van der Waals surface area (Å²) in [6.07, 6.45) is 1.91. The second kappa shape index (κ2) is 4.58. The predicted molar refractivity (Wildman–Crippen MR) is 88.0 cm³/mol. The molecule has 2 fully saturated rings. The van der Waals surface area contributed by atoms with Crippen molar-refractivity contribution >= 4 is 29.0 Å². The minimum Gasteiger partial charge on any atom is -0.326 e. The van der Waals surface area contributed by atoms with Gasteiger partial charge in [0, 0.05) is 22.5 Å². The van der Waals surface area contributed by atoms with Crippen LogP contribution in [0.5, 0.6) is 0 Å². The maximum atomic E-state index is 13.0. The van der Waals surface area contributed by atoms with Crippen molar-refractivity contribution in [3.63, 3.8) is 0 Å². The first-order valence-corrected chi connectivity index (χ1v) is 8.13. The van der Waals surface area contributed by atoms with Crippen LogP contribution in [0.2, 0.25) is 5.02 Å². The number of halogens is 1. The Morgan fingerprint density at radius 1 is 1.23 bits per heavy atom. The van der Waals surface area contributed by atoms with Crippen LogP contribution >= 0.6 is 11.6 Å². The number of Topliss-reactive ketones (excluding diaryl/α,β-unsaturated/α-hetero) is 1. The Labute approximate surface area is 136 Å². The number of anilines is 1. The summed E-state index contributed by atoms with van der Waals surface area (Å²) < 4.78 is 0. The van der Waals surface area contributed by atoms with Gasteiger partial charge in [0.15, 0.2) is 0 Å². The van der Waals surface area contributed by atoms with Crippen molar-refractivity contribution in [3.8, 4) is 0 Å². The van der Waals surface area contributed by atoms with Gasteiger partial charge in [-0.25, -0.2) is 0 Å². The topological polar surface area (TPSA) is 46.2 Å². The number of amides is 1. The van der Waals surface area contributed by atoms with E-state index in [0.717, 1.165) is 18.4 Å². The van der Waals surface area contributed by atoms with Crippen LogP contribution < -0.4 is 5.32 Å². The van der Waals surface area contributed by atoms with Gasteiger partial charge < -0.3 is 5.32 Å². The molecule has 0 spiro atoms. The van der Waals surface area contributed by atoms with Crippen molar-refractivity contribution in [2.45, 2.75) is 47.0 Å². The molecule has 1 amide bonds. The van der Waals surface area contributed by atoms with Crippen LogP contribution in [-0.4, -0.2) is 11.7 Å². The van der Waals surface area contributed by atoms with E-state index in [1.54, 1.807) is 6.07 Å². The van der Waals surface area contributed by atoms with Gasteiger partial charge >= 0.3 is 0 Å². The summed E-state index contributed by atoms with van der Waals surface area (Å²) in [6, 6.07) is 5.51. The highest BCUT2D eigenvalue weighted by molar-refractivity contribution is 6.31. The maximum Gasteiger partial charge on any atom is 0.231 e. The lowest BCUT2D eigenvalue weighted by Crippen LogP contribution is -2.43. The summed E-state index contributed by atoms with van der Waals surface area (Å²) in [5.74, 6) is 0.174. The second-order valence-corrected chi connectivity index (χ2v) is 7.96. The summed E-state index contributed by atoms with van der Waals surface area (Å²) in [4.78, 5) is 25.4. The van der Waals surface area contributed by atoms with Crippen molar-refractivity contribution in [3.05, 3.63) is 28.8 Å². The molecule has 0 saturated heterocycles. The van der Waals surface area contributed by atoms with Crippen LogP contribution in [0.1, 0.15) is 45.6 Å². The fourth-order valence-electron chi connectivity index (χ4n) is 4.28. The standard InChI is InChI=1S/C18H22ClNO2/c1-11-5-6-12(9-13(11)19)20-15(22)18-8-7-17(4,14(21)10-18)16(18,2)3/h5-6,9H,7-8,10H2,1-4H3,(H,20,22). The largest absolute Gasteiger partial charge is 0.326 e. The Balaban J connectivity index is 1.92. The quantitative estimate of drug-likeness (QED) is 0.879. The molecule has 0 aromatic heterocycles. The number of fused-ring (bicyclic) bond motifs is 2. The molecular formula is C18H22ClNO2. The molecule has 3 nitrogen and oxygen atoms in total. The molecule has 2 saturated carbocycles. The van der Waals surface area contributed by atoms with Gasteiger partial charge in [-0.1, -0.05) is 38.4 Å². The van der Waals surface area contributed by atoms with Crippen LogP contribution in [0.15, 0.2) is 18.2 Å². The molecule has 1 aromatic carbocycles. The van der Waals surface area contributed by atoms with Crippen molar-refractivity contribution in [2.24, 2.45) is 16.2 Å². The first-order chi connectivity index (χ1) is 10.1. The van der Waals surface area contributed by atoms with E-state index in [-0.39, 0.29) is 22.5 Å². The van der Waals surface area contributed by atoms with Crippen molar-refractivity contribution in [1.82, 2.24) is 0 Å². The molecule has 0 radical (unpaired) electrons. The van der Waals surface area contributed by atoms with E-state index >= 15 is 0 Å². The molecule has 22 heavy (non-hydrogen) atoms. The number of ketones is 1. The Hall–Kier alpha value is -1.35. The van der Waals surface area contributed by atoms with E-state index in [2.05, 4.69) is 19.2 Å². The van der Waals surface area contributed by atoms with Gasteiger partial charge in [-0.05, 0) is 42.9 Å². The molecule has 2 bridgehead atoms. The van der Waals surface area contributed by atoms with Gasteiger partial charge in [0.1, 0.15) is 5.78 Å². The molecule has 2 aliphatic carbocycles. The number of carbonyl (C=O) groups is 2. The van der Waals surface area contributed by atoms with Crippen molar-refractivity contribution in [1.29, 1.82) is 0 Å². The molecule has 3 rings (SSSR count). The van der Waals surface area contributed by atoms with E-state index in [1.165, 1.54) is 0 Å². The fourth-order valence-corrected chi connectivity index (χ4v) is 4.46. The minimum atomic E-state index is -0.601. The number of nitrogens with one attached hydrogen (secondary N) is 1. The first-order valence-electron chi connectivity index (χ1n) is 7.75. The number of carbonyl (C=O) groups excluding carboxylic acids is 2. The molecule has 118 valence electrons. The maximum absolute atomic E-state index is 13.0. The van der Waals surface area contributed by atoms with Gasteiger partial charge in [0.05, 0.1) is 5.41 Å².